The summed E-state index contributed by atoms with van der Waals surface area (Å²) in [6, 6.07) is 13.2. The number of benzene rings is 2. The summed E-state index contributed by atoms with van der Waals surface area (Å²) < 4.78 is 22.8. The summed E-state index contributed by atoms with van der Waals surface area (Å²) in [6.07, 6.45) is 19.2. The van der Waals surface area contributed by atoms with Crippen molar-refractivity contribution in [3.05, 3.63) is 59.3 Å². The standard InChI is InChI=1S/C35H49NO5/c1-4-6-8-10-12-13-15-16-24-39-30-21-19-29(20-22-30)34-36-31(35(37)41-34)26-28-18-23-32(33(27-28)38-3)40-25-17-14-11-9-7-5-2/h18-23,26-27H,4-17,24-25H2,1-3H3/b31-26-. The lowest BCUT2D eigenvalue weighted by atomic mass is 10.1. The second kappa shape index (κ2) is 19.0. The highest BCUT2D eigenvalue weighted by molar-refractivity contribution is 6.12. The van der Waals surface area contributed by atoms with E-state index in [1.165, 1.54) is 77.0 Å². The SMILES string of the molecule is CCCCCCCCCCOc1ccc(C2=N/C(=C\c3ccc(OCCCCCCCC)c(OC)c3)C(=O)O2)cc1. The first kappa shape index (κ1) is 32.2. The van der Waals surface area contributed by atoms with Gasteiger partial charge in [-0.25, -0.2) is 9.79 Å². The molecule has 0 radical (unpaired) electrons. The number of cyclic esters (lactones) is 1. The van der Waals surface area contributed by atoms with Gasteiger partial charge >= 0.3 is 5.97 Å². The predicted octanol–water partition coefficient (Wildman–Crippen LogP) is 9.30. The van der Waals surface area contributed by atoms with E-state index in [4.69, 9.17) is 18.9 Å². The van der Waals surface area contributed by atoms with Gasteiger partial charge in [-0.3, -0.25) is 0 Å². The van der Waals surface area contributed by atoms with Crippen molar-refractivity contribution in [2.75, 3.05) is 20.3 Å². The molecule has 2 aromatic carbocycles. The molecule has 0 bridgehead atoms. The maximum Gasteiger partial charge on any atom is 0.363 e. The van der Waals surface area contributed by atoms with Crippen molar-refractivity contribution in [2.45, 2.75) is 104 Å². The molecule has 3 rings (SSSR count). The van der Waals surface area contributed by atoms with Crippen LogP contribution >= 0.6 is 0 Å². The van der Waals surface area contributed by atoms with Gasteiger partial charge in [-0.2, -0.15) is 0 Å². The van der Waals surface area contributed by atoms with Crippen LogP contribution in [-0.4, -0.2) is 32.2 Å². The number of rotatable bonds is 21. The Hall–Kier alpha value is -3.28. The zero-order valence-electron chi connectivity index (χ0n) is 25.4. The molecule has 0 saturated carbocycles. The highest BCUT2D eigenvalue weighted by Crippen LogP contribution is 2.30. The molecular weight excluding hydrogens is 514 g/mol. The van der Waals surface area contributed by atoms with Gasteiger partial charge in [0, 0.05) is 5.56 Å². The van der Waals surface area contributed by atoms with E-state index in [0.717, 1.165) is 29.7 Å². The lowest BCUT2D eigenvalue weighted by molar-refractivity contribution is -0.129. The third-order valence-electron chi connectivity index (χ3n) is 7.23. The molecular formula is C35H49NO5. The number of ether oxygens (including phenoxy) is 4. The molecule has 41 heavy (non-hydrogen) atoms. The van der Waals surface area contributed by atoms with E-state index in [-0.39, 0.29) is 5.70 Å². The second-order valence-corrected chi connectivity index (χ2v) is 10.7. The van der Waals surface area contributed by atoms with Crippen LogP contribution in [0.2, 0.25) is 0 Å². The zero-order chi connectivity index (χ0) is 29.1. The third kappa shape index (κ3) is 11.6. The fraction of sp³-hybridized carbons (Fsp3) is 0.543. The number of methoxy groups -OCH3 is 1. The highest BCUT2D eigenvalue weighted by atomic mass is 16.6. The van der Waals surface area contributed by atoms with E-state index in [1.54, 1.807) is 13.2 Å². The van der Waals surface area contributed by atoms with Crippen LogP contribution in [0.1, 0.15) is 115 Å². The summed E-state index contributed by atoms with van der Waals surface area (Å²) in [5.74, 6) is 1.96. The first-order chi connectivity index (χ1) is 20.1. The smallest absolute Gasteiger partial charge is 0.363 e. The molecule has 0 unspecified atom stereocenters. The topological polar surface area (TPSA) is 66.3 Å². The van der Waals surface area contributed by atoms with E-state index in [0.29, 0.717) is 30.6 Å². The van der Waals surface area contributed by atoms with Gasteiger partial charge in [0.2, 0.25) is 5.90 Å². The van der Waals surface area contributed by atoms with Gasteiger partial charge in [0.15, 0.2) is 17.2 Å². The minimum atomic E-state index is -0.475. The van der Waals surface area contributed by atoms with E-state index < -0.39 is 5.97 Å². The normalized spacial score (nSPS) is 13.8. The largest absolute Gasteiger partial charge is 0.494 e. The Balaban J connectivity index is 1.48. The number of esters is 1. The van der Waals surface area contributed by atoms with Crippen LogP contribution in [0.4, 0.5) is 0 Å². The van der Waals surface area contributed by atoms with Crippen molar-refractivity contribution in [3.8, 4) is 17.2 Å². The minimum Gasteiger partial charge on any atom is -0.494 e. The molecule has 0 aliphatic carbocycles. The molecule has 1 heterocycles. The summed E-state index contributed by atoms with van der Waals surface area (Å²) in [5, 5.41) is 0. The summed E-state index contributed by atoms with van der Waals surface area (Å²) in [7, 11) is 1.62. The van der Waals surface area contributed by atoms with Crippen molar-refractivity contribution in [1.29, 1.82) is 0 Å². The van der Waals surface area contributed by atoms with Crippen molar-refractivity contribution in [2.24, 2.45) is 4.99 Å². The Labute approximate surface area is 247 Å². The van der Waals surface area contributed by atoms with Crippen LogP contribution in [0, 0.1) is 0 Å². The van der Waals surface area contributed by atoms with Gasteiger partial charge in [-0.05, 0) is 60.9 Å². The Kier molecular flexibility index (Phi) is 14.9. The number of nitrogens with zero attached hydrogens (tertiary/aromatic N) is 1. The van der Waals surface area contributed by atoms with Crippen LogP contribution in [0.3, 0.4) is 0 Å². The molecule has 0 spiro atoms. The van der Waals surface area contributed by atoms with Crippen LogP contribution in [0.25, 0.3) is 6.08 Å². The van der Waals surface area contributed by atoms with Crippen LogP contribution in [0.15, 0.2) is 53.2 Å². The molecule has 0 amide bonds. The number of carbonyl (C=O) groups excluding carboxylic acids is 1. The van der Waals surface area contributed by atoms with Gasteiger partial charge in [-0.15, -0.1) is 0 Å². The molecule has 2 aromatic rings. The van der Waals surface area contributed by atoms with E-state index in [2.05, 4.69) is 18.8 Å². The minimum absolute atomic E-state index is 0.248. The molecule has 0 saturated heterocycles. The first-order valence-electron chi connectivity index (χ1n) is 15.7. The number of unbranched alkanes of at least 4 members (excludes halogenated alkanes) is 12. The van der Waals surface area contributed by atoms with Crippen LogP contribution in [-0.2, 0) is 9.53 Å². The number of aliphatic imine (C=N–C) groups is 1. The lowest BCUT2D eigenvalue weighted by Crippen LogP contribution is -2.05. The lowest BCUT2D eigenvalue weighted by Gasteiger charge is -2.11. The van der Waals surface area contributed by atoms with Crippen LogP contribution < -0.4 is 14.2 Å². The second-order valence-electron chi connectivity index (χ2n) is 10.7. The van der Waals surface area contributed by atoms with Crippen molar-refractivity contribution >= 4 is 17.9 Å². The fourth-order valence-corrected chi connectivity index (χ4v) is 4.77. The van der Waals surface area contributed by atoms with Gasteiger partial charge in [0.05, 0.1) is 20.3 Å². The van der Waals surface area contributed by atoms with E-state index in [9.17, 15) is 4.79 Å². The summed E-state index contributed by atoms with van der Waals surface area (Å²) >= 11 is 0. The van der Waals surface area contributed by atoms with Gasteiger partial charge in [-0.1, -0.05) is 97.0 Å². The monoisotopic (exact) mass is 563 g/mol. The Morgan fingerprint density at radius 1 is 0.707 bits per heavy atom. The van der Waals surface area contributed by atoms with Gasteiger partial charge < -0.3 is 18.9 Å². The Morgan fingerprint density at radius 3 is 1.90 bits per heavy atom. The molecule has 6 heteroatoms. The van der Waals surface area contributed by atoms with Crippen molar-refractivity contribution < 1.29 is 23.7 Å². The predicted molar refractivity (Wildman–Crippen MR) is 167 cm³/mol. The van der Waals surface area contributed by atoms with Crippen LogP contribution in [0.5, 0.6) is 17.2 Å². The molecule has 0 N–H and O–H groups in total. The average molecular weight is 564 g/mol. The maximum atomic E-state index is 12.5. The zero-order valence-corrected chi connectivity index (χ0v) is 25.4. The summed E-state index contributed by atoms with van der Waals surface area (Å²) in [6.45, 7) is 5.84. The van der Waals surface area contributed by atoms with Crippen molar-refractivity contribution in [3.63, 3.8) is 0 Å². The molecule has 1 aliphatic heterocycles. The third-order valence-corrected chi connectivity index (χ3v) is 7.23. The summed E-state index contributed by atoms with van der Waals surface area (Å²) in [4.78, 5) is 17.0. The maximum absolute atomic E-state index is 12.5. The molecule has 224 valence electrons. The molecule has 1 aliphatic rings. The quantitative estimate of drug-likeness (QED) is 0.0860. The molecule has 6 nitrogen and oxygen atoms in total. The fourth-order valence-electron chi connectivity index (χ4n) is 4.77. The van der Waals surface area contributed by atoms with Crippen molar-refractivity contribution in [1.82, 2.24) is 0 Å². The Bertz CT molecular complexity index is 1110. The number of carbonyl (C=O) groups is 1. The highest BCUT2D eigenvalue weighted by Gasteiger charge is 2.24. The molecule has 0 fully saturated rings. The molecule has 0 aromatic heterocycles. The van der Waals surface area contributed by atoms with Gasteiger partial charge in [0.1, 0.15) is 5.75 Å². The van der Waals surface area contributed by atoms with E-state index >= 15 is 0 Å². The average Bonchev–Trinajstić information content (AvgIpc) is 3.36. The van der Waals surface area contributed by atoms with E-state index in [1.807, 2.05) is 42.5 Å². The van der Waals surface area contributed by atoms with Gasteiger partial charge in [0.25, 0.3) is 0 Å². The number of hydrogen-bond acceptors (Lipinski definition) is 6. The number of hydrogen-bond donors (Lipinski definition) is 0. The molecule has 0 atom stereocenters. The summed E-state index contributed by atoms with van der Waals surface area (Å²) in [5.41, 5.74) is 1.77. The Morgan fingerprint density at radius 2 is 1.29 bits per heavy atom. The first-order valence-corrected chi connectivity index (χ1v) is 15.7.